The summed E-state index contributed by atoms with van der Waals surface area (Å²) in [6.45, 7) is 6.60. The Bertz CT molecular complexity index is 133. The van der Waals surface area contributed by atoms with Gasteiger partial charge in [-0.1, -0.05) is 12.8 Å². The first-order valence-corrected chi connectivity index (χ1v) is 7.12. The highest BCUT2D eigenvalue weighted by Crippen LogP contribution is 2.18. The molecule has 0 amide bonds. The van der Waals surface area contributed by atoms with Gasteiger partial charge in [0.05, 0.1) is 12.7 Å². The lowest BCUT2D eigenvalue weighted by Gasteiger charge is -2.12. The molecule has 1 fully saturated rings. The molecule has 3 nitrogen and oxygen atoms in total. The van der Waals surface area contributed by atoms with Crippen LogP contribution in [0.4, 0.5) is 0 Å². The number of hydrogen-bond donors (Lipinski definition) is 0. The van der Waals surface area contributed by atoms with Crippen molar-refractivity contribution in [3.63, 3.8) is 0 Å². The number of hydrogen-bond acceptors (Lipinski definition) is 3. The zero-order valence-electron chi connectivity index (χ0n) is 9.25. The molecule has 0 saturated carbocycles. The predicted octanol–water partition coefficient (Wildman–Crippen LogP) is 2.12. The van der Waals surface area contributed by atoms with Crippen molar-refractivity contribution in [2.75, 3.05) is 19.8 Å². The van der Waals surface area contributed by atoms with Gasteiger partial charge in [-0.25, -0.2) is 0 Å². The summed E-state index contributed by atoms with van der Waals surface area (Å²) in [4.78, 5) is 0. The fourth-order valence-electron chi connectivity index (χ4n) is 1.38. The third kappa shape index (κ3) is 5.75. The summed E-state index contributed by atoms with van der Waals surface area (Å²) in [5.41, 5.74) is 0. The molecular formula is C10H21O3Si. The normalized spacial score (nSPS) is 20.4. The maximum absolute atomic E-state index is 5.55. The zero-order valence-corrected chi connectivity index (χ0v) is 10.3. The standard InChI is InChI=1S/C10H21O3Si/c1-3-12-14(13-4-2)8-6-5-7-10-9-11-10/h10H,3-9H2,1-2H3. The van der Waals surface area contributed by atoms with Gasteiger partial charge in [-0.05, 0) is 26.3 Å². The Morgan fingerprint density at radius 3 is 2.36 bits per heavy atom. The molecule has 1 aliphatic heterocycles. The molecule has 0 bridgehead atoms. The van der Waals surface area contributed by atoms with Crippen LogP contribution < -0.4 is 0 Å². The lowest BCUT2D eigenvalue weighted by Crippen LogP contribution is -2.22. The highest BCUT2D eigenvalue weighted by molar-refractivity contribution is 6.44. The fraction of sp³-hybridized carbons (Fsp3) is 1.00. The first-order chi connectivity index (χ1) is 6.86. The molecule has 4 heteroatoms. The summed E-state index contributed by atoms with van der Waals surface area (Å²) in [7, 11) is -0.965. The molecule has 0 aromatic heterocycles. The van der Waals surface area contributed by atoms with Crippen LogP contribution in [0.15, 0.2) is 0 Å². The molecule has 0 aromatic rings. The van der Waals surface area contributed by atoms with E-state index in [4.69, 9.17) is 13.6 Å². The van der Waals surface area contributed by atoms with Crippen LogP contribution in [0, 0.1) is 0 Å². The zero-order chi connectivity index (χ0) is 10.2. The molecule has 1 aliphatic rings. The van der Waals surface area contributed by atoms with E-state index >= 15 is 0 Å². The first kappa shape index (κ1) is 12.2. The van der Waals surface area contributed by atoms with Gasteiger partial charge in [-0.2, -0.15) is 0 Å². The summed E-state index contributed by atoms with van der Waals surface area (Å²) in [6.07, 6.45) is 4.26. The van der Waals surface area contributed by atoms with Crippen molar-refractivity contribution in [1.82, 2.24) is 0 Å². The average molecular weight is 217 g/mol. The van der Waals surface area contributed by atoms with E-state index in [2.05, 4.69) is 0 Å². The Labute approximate surface area is 88.6 Å². The van der Waals surface area contributed by atoms with E-state index < -0.39 is 9.28 Å². The summed E-state index contributed by atoms with van der Waals surface area (Å²) in [5, 5.41) is 0. The summed E-state index contributed by atoms with van der Waals surface area (Å²) >= 11 is 0. The number of epoxide rings is 1. The Kier molecular flexibility index (Phi) is 6.43. The van der Waals surface area contributed by atoms with Gasteiger partial charge in [0.15, 0.2) is 0 Å². The van der Waals surface area contributed by atoms with Gasteiger partial charge in [-0.15, -0.1) is 0 Å². The summed E-state index contributed by atoms with van der Waals surface area (Å²) in [6, 6.07) is 1.11. The van der Waals surface area contributed by atoms with E-state index in [1.807, 2.05) is 13.8 Å². The van der Waals surface area contributed by atoms with Crippen LogP contribution in [0.3, 0.4) is 0 Å². The molecule has 1 saturated heterocycles. The van der Waals surface area contributed by atoms with Crippen LogP contribution in [-0.4, -0.2) is 35.2 Å². The van der Waals surface area contributed by atoms with E-state index in [0.717, 1.165) is 25.9 Å². The predicted molar refractivity (Wildman–Crippen MR) is 57.4 cm³/mol. The van der Waals surface area contributed by atoms with Gasteiger partial charge in [0, 0.05) is 13.2 Å². The van der Waals surface area contributed by atoms with Crippen LogP contribution >= 0.6 is 0 Å². The highest BCUT2D eigenvalue weighted by Gasteiger charge is 2.22. The molecule has 1 radical (unpaired) electrons. The Balaban J connectivity index is 1.93. The van der Waals surface area contributed by atoms with Crippen molar-refractivity contribution >= 4 is 9.28 Å². The van der Waals surface area contributed by atoms with Crippen molar-refractivity contribution in [2.45, 2.75) is 45.3 Å². The lowest BCUT2D eigenvalue weighted by atomic mass is 10.2. The SMILES string of the molecule is CCO[Si](CCCCC1CO1)OCC. The van der Waals surface area contributed by atoms with Crippen molar-refractivity contribution in [1.29, 1.82) is 0 Å². The third-order valence-electron chi connectivity index (χ3n) is 2.17. The van der Waals surface area contributed by atoms with Crippen LogP contribution in [0.5, 0.6) is 0 Å². The van der Waals surface area contributed by atoms with Gasteiger partial charge in [0.1, 0.15) is 0 Å². The third-order valence-corrected chi connectivity index (χ3v) is 4.15. The Hall–Kier alpha value is 0.0969. The number of ether oxygens (including phenoxy) is 1. The van der Waals surface area contributed by atoms with Crippen LogP contribution in [0.25, 0.3) is 0 Å². The largest absolute Gasteiger partial charge is 0.394 e. The molecule has 1 heterocycles. The second kappa shape index (κ2) is 7.40. The highest BCUT2D eigenvalue weighted by atomic mass is 28.3. The first-order valence-electron chi connectivity index (χ1n) is 5.59. The van der Waals surface area contributed by atoms with E-state index in [0.29, 0.717) is 6.10 Å². The van der Waals surface area contributed by atoms with Crippen molar-refractivity contribution < 1.29 is 13.6 Å². The maximum Gasteiger partial charge on any atom is 0.384 e. The molecule has 0 aliphatic carbocycles. The molecule has 0 aromatic carbocycles. The van der Waals surface area contributed by atoms with E-state index in [-0.39, 0.29) is 0 Å². The minimum absolute atomic E-state index is 0.574. The average Bonchev–Trinajstić information content (AvgIpc) is 2.96. The van der Waals surface area contributed by atoms with Crippen molar-refractivity contribution in [3.05, 3.63) is 0 Å². The topological polar surface area (TPSA) is 31.0 Å². The number of rotatable bonds is 9. The summed E-state index contributed by atoms with van der Waals surface area (Å²) in [5.74, 6) is 0. The molecule has 1 unspecified atom stereocenters. The second-order valence-corrected chi connectivity index (χ2v) is 5.26. The Morgan fingerprint density at radius 1 is 1.21 bits per heavy atom. The second-order valence-electron chi connectivity index (χ2n) is 3.44. The molecule has 0 N–H and O–H groups in total. The van der Waals surface area contributed by atoms with Gasteiger partial charge in [0.2, 0.25) is 0 Å². The quantitative estimate of drug-likeness (QED) is 0.337. The van der Waals surface area contributed by atoms with Gasteiger partial charge in [0.25, 0.3) is 0 Å². The van der Waals surface area contributed by atoms with Crippen LogP contribution in [-0.2, 0) is 13.6 Å². The van der Waals surface area contributed by atoms with E-state index in [1.165, 1.54) is 19.3 Å². The smallest absolute Gasteiger partial charge is 0.384 e. The van der Waals surface area contributed by atoms with Gasteiger partial charge < -0.3 is 13.6 Å². The minimum atomic E-state index is -0.965. The molecule has 1 rings (SSSR count). The fourth-order valence-corrected chi connectivity index (χ4v) is 2.94. The minimum Gasteiger partial charge on any atom is -0.394 e. The maximum atomic E-state index is 5.55. The monoisotopic (exact) mass is 217 g/mol. The van der Waals surface area contributed by atoms with Crippen molar-refractivity contribution in [3.8, 4) is 0 Å². The van der Waals surface area contributed by atoms with Crippen LogP contribution in [0.2, 0.25) is 6.04 Å². The molecular weight excluding hydrogens is 196 g/mol. The number of unbranched alkanes of at least 4 members (excludes halogenated alkanes) is 1. The molecule has 1 atom stereocenters. The van der Waals surface area contributed by atoms with Gasteiger partial charge >= 0.3 is 9.28 Å². The molecule has 0 spiro atoms. The molecule has 14 heavy (non-hydrogen) atoms. The molecule has 83 valence electrons. The Morgan fingerprint density at radius 2 is 1.86 bits per heavy atom. The van der Waals surface area contributed by atoms with Gasteiger partial charge in [-0.3, -0.25) is 0 Å². The lowest BCUT2D eigenvalue weighted by molar-refractivity contribution is 0.212. The van der Waals surface area contributed by atoms with E-state index in [1.54, 1.807) is 0 Å². The van der Waals surface area contributed by atoms with Crippen molar-refractivity contribution in [2.24, 2.45) is 0 Å². The van der Waals surface area contributed by atoms with Crippen LogP contribution in [0.1, 0.15) is 33.1 Å². The van der Waals surface area contributed by atoms with E-state index in [9.17, 15) is 0 Å². The summed E-state index contributed by atoms with van der Waals surface area (Å²) < 4.78 is 16.3.